The zero-order chi connectivity index (χ0) is 19.5. The molecule has 2 aromatic rings. The van der Waals surface area contributed by atoms with Gasteiger partial charge in [-0.05, 0) is 37.5 Å². The minimum absolute atomic E-state index is 0.00326. The van der Waals surface area contributed by atoms with Crippen molar-refractivity contribution in [2.24, 2.45) is 5.92 Å². The van der Waals surface area contributed by atoms with Gasteiger partial charge in [-0.25, -0.2) is 0 Å². The van der Waals surface area contributed by atoms with Crippen LogP contribution in [-0.4, -0.2) is 53.9 Å². The van der Waals surface area contributed by atoms with Gasteiger partial charge in [0.15, 0.2) is 5.76 Å². The van der Waals surface area contributed by atoms with Gasteiger partial charge >= 0.3 is 0 Å². The van der Waals surface area contributed by atoms with Crippen LogP contribution in [0, 0.1) is 5.92 Å². The Morgan fingerprint density at radius 3 is 2.39 bits per heavy atom. The molecule has 0 saturated carbocycles. The molecule has 1 aromatic carbocycles. The van der Waals surface area contributed by atoms with Crippen LogP contribution < -0.4 is 0 Å². The van der Waals surface area contributed by atoms with Crippen LogP contribution >= 0.6 is 0 Å². The minimum Gasteiger partial charge on any atom is -0.459 e. The predicted octanol–water partition coefficient (Wildman–Crippen LogP) is 3.12. The summed E-state index contributed by atoms with van der Waals surface area (Å²) < 4.78 is 11.3. The second kappa shape index (κ2) is 8.19. The number of furan rings is 1. The van der Waals surface area contributed by atoms with Gasteiger partial charge in [-0.2, -0.15) is 0 Å². The Morgan fingerprint density at radius 1 is 0.964 bits per heavy atom. The molecular weight excluding hydrogens is 356 g/mol. The van der Waals surface area contributed by atoms with E-state index in [0.29, 0.717) is 44.8 Å². The Labute approximate surface area is 165 Å². The molecule has 148 valence electrons. The number of nitrogens with zero attached hydrogens (tertiary/aromatic N) is 2. The number of benzene rings is 1. The van der Waals surface area contributed by atoms with E-state index in [1.54, 1.807) is 17.0 Å². The van der Waals surface area contributed by atoms with Crippen molar-refractivity contribution in [3.05, 3.63) is 60.1 Å². The monoisotopic (exact) mass is 382 g/mol. The van der Waals surface area contributed by atoms with Crippen LogP contribution in [0.4, 0.5) is 0 Å². The van der Waals surface area contributed by atoms with Gasteiger partial charge in [0.25, 0.3) is 5.91 Å². The molecule has 2 aliphatic rings. The van der Waals surface area contributed by atoms with Gasteiger partial charge in [0, 0.05) is 25.6 Å². The van der Waals surface area contributed by atoms with Crippen LogP contribution in [0.2, 0.25) is 0 Å². The maximum atomic E-state index is 13.1. The SMILES string of the molecule is CC1CN(C(=O)C2CCN(C(=O)c3ccco3)CC2)CC(c2ccccc2)O1. The summed E-state index contributed by atoms with van der Waals surface area (Å²) in [6, 6.07) is 13.5. The third-order valence-corrected chi connectivity index (χ3v) is 5.61. The molecule has 2 fully saturated rings. The van der Waals surface area contributed by atoms with Gasteiger partial charge in [0.2, 0.25) is 5.91 Å². The summed E-state index contributed by atoms with van der Waals surface area (Å²) in [5.74, 6) is 0.404. The Kier molecular flexibility index (Phi) is 5.48. The van der Waals surface area contributed by atoms with Crippen molar-refractivity contribution in [1.29, 1.82) is 0 Å². The van der Waals surface area contributed by atoms with Crippen LogP contribution in [0.1, 0.15) is 42.0 Å². The highest BCUT2D eigenvalue weighted by Crippen LogP contribution is 2.28. The number of ether oxygens (including phenoxy) is 1. The van der Waals surface area contributed by atoms with Crippen LogP contribution in [0.5, 0.6) is 0 Å². The Bertz CT molecular complexity index is 797. The largest absolute Gasteiger partial charge is 0.459 e. The van der Waals surface area contributed by atoms with Gasteiger partial charge in [-0.1, -0.05) is 30.3 Å². The van der Waals surface area contributed by atoms with E-state index in [9.17, 15) is 9.59 Å². The van der Waals surface area contributed by atoms with E-state index in [-0.39, 0.29) is 29.9 Å². The van der Waals surface area contributed by atoms with Crippen molar-refractivity contribution in [3.63, 3.8) is 0 Å². The van der Waals surface area contributed by atoms with Crippen LogP contribution in [0.3, 0.4) is 0 Å². The lowest BCUT2D eigenvalue weighted by atomic mass is 9.94. The smallest absolute Gasteiger partial charge is 0.289 e. The summed E-state index contributed by atoms with van der Waals surface area (Å²) in [5, 5.41) is 0. The van der Waals surface area contributed by atoms with Gasteiger partial charge in [-0.3, -0.25) is 9.59 Å². The van der Waals surface area contributed by atoms with E-state index >= 15 is 0 Å². The summed E-state index contributed by atoms with van der Waals surface area (Å²) in [5.41, 5.74) is 1.10. The van der Waals surface area contributed by atoms with E-state index < -0.39 is 0 Å². The number of amides is 2. The molecular formula is C22H26N2O4. The molecule has 4 rings (SSSR count). The summed E-state index contributed by atoms with van der Waals surface area (Å²) in [7, 11) is 0. The summed E-state index contributed by atoms with van der Waals surface area (Å²) in [6.45, 7) is 4.38. The fourth-order valence-electron chi connectivity index (χ4n) is 4.13. The summed E-state index contributed by atoms with van der Waals surface area (Å²) in [4.78, 5) is 29.3. The molecule has 0 aliphatic carbocycles. The molecule has 0 bridgehead atoms. The van der Waals surface area contributed by atoms with Crippen molar-refractivity contribution in [2.75, 3.05) is 26.2 Å². The maximum Gasteiger partial charge on any atom is 0.289 e. The van der Waals surface area contributed by atoms with E-state index in [1.807, 2.05) is 42.2 Å². The van der Waals surface area contributed by atoms with Crippen molar-refractivity contribution in [3.8, 4) is 0 Å². The van der Waals surface area contributed by atoms with Gasteiger partial charge in [-0.15, -0.1) is 0 Å². The molecule has 6 heteroatoms. The first-order valence-corrected chi connectivity index (χ1v) is 9.94. The molecule has 0 radical (unpaired) electrons. The number of hydrogen-bond acceptors (Lipinski definition) is 4. The van der Waals surface area contributed by atoms with Crippen molar-refractivity contribution < 1.29 is 18.7 Å². The average Bonchev–Trinajstić information content (AvgIpc) is 3.28. The fraction of sp³-hybridized carbons (Fsp3) is 0.455. The quantitative estimate of drug-likeness (QED) is 0.818. The molecule has 3 heterocycles. The van der Waals surface area contributed by atoms with Gasteiger partial charge < -0.3 is 19.0 Å². The van der Waals surface area contributed by atoms with Crippen LogP contribution in [0.15, 0.2) is 53.1 Å². The molecule has 2 aliphatic heterocycles. The van der Waals surface area contributed by atoms with Gasteiger partial charge in [0.1, 0.15) is 6.10 Å². The first kappa shape index (κ1) is 18.7. The third-order valence-electron chi connectivity index (χ3n) is 5.61. The topological polar surface area (TPSA) is 63.0 Å². The molecule has 6 nitrogen and oxygen atoms in total. The summed E-state index contributed by atoms with van der Waals surface area (Å²) in [6.07, 6.45) is 2.80. The lowest BCUT2D eigenvalue weighted by molar-refractivity contribution is -0.150. The lowest BCUT2D eigenvalue weighted by Gasteiger charge is -2.40. The molecule has 28 heavy (non-hydrogen) atoms. The number of carbonyl (C=O) groups excluding carboxylic acids is 2. The minimum atomic E-state index is -0.0972. The van der Waals surface area contributed by atoms with Crippen LogP contribution in [0.25, 0.3) is 0 Å². The van der Waals surface area contributed by atoms with Crippen molar-refractivity contribution >= 4 is 11.8 Å². The highest BCUT2D eigenvalue weighted by atomic mass is 16.5. The number of carbonyl (C=O) groups is 2. The average molecular weight is 382 g/mol. The van der Waals surface area contributed by atoms with E-state index in [4.69, 9.17) is 9.15 Å². The number of morpholine rings is 1. The van der Waals surface area contributed by atoms with Crippen molar-refractivity contribution in [1.82, 2.24) is 9.80 Å². The molecule has 2 saturated heterocycles. The standard InChI is InChI=1S/C22H26N2O4/c1-16-14-24(15-20(28-16)17-6-3-2-4-7-17)21(25)18-9-11-23(12-10-18)22(26)19-8-5-13-27-19/h2-8,13,16,18,20H,9-12,14-15H2,1H3. The molecule has 0 N–H and O–H groups in total. The van der Waals surface area contributed by atoms with Crippen LogP contribution in [-0.2, 0) is 9.53 Å². The normalized spacial score (nSPS) is 23.6. The molecule has 2 amide bonds. The second-order valence-corrected chi connectivity index (χ2v) is 7.63. The van der Waals surface area contributed by atoms with Gasteiger partial charge in [0.05, 0.1) is 18.9 Å². The molecule has 1 aromatic heterocycles. The van der Waals surface area contributed by atoms with E-state index in [2.05, 4.69) is 0 Å². The molecule has 0 spiro atoms. The predicted molar refractivity (Wildman–Crippen MR) is 104 cm³/mol. The van der Waals surface area contributed by atoms with Crippen molar-refractivity contribution in [2.45, 2.75) is 32.0 Å². The Balaban J connectivity index is 1.36. The third kappa shape index (κ3) is 3.97. The lowest BCUT2D eigenvalue weighted by Crippen LogP contribution is -2.50. The fourth-order valence-corrected chi connectivity index (χ4v) is 4.13. The Morgan fingerprint density at radius 2 is 1.71 bits per heavy atom. The highest BCUT2D eigenvalue weighted by molar-refractivity contribution is 5.91. The van der Waals surface area contributed by atoms with E-state index in [1.165, 1.54) is 6.26 Å². The van der Waals surface area contributed by atoms with E-state index in [0.717, 1.165) is 5.56 Å². The first-order valence-electron chi connectivity index (χ1n) is 9.94. The number of hydrogen-bond donors (Lipinski definition) is 0. The maximum absolute atomic E-state index is 13.1. The zero-order valence-corrected chi connectivity index (χ0v) is 16.1. The summed E-state index contributed by atoms with van der Waals surface area (Å²) >= 11 is 0. The first-order chi connectivity index (χ1) is 13.6. The zero-order valence-electron chi connectivity index (χ0n) is 16.1. The Hall–Kier alpha value is -2.60. The second-order valence-electron chi connectivity index (χ2n) is 7.63. The molecule has 2 unspecified atom stereocenters. The molecule has 2 atom stereocenters. The number of likely N-dealkylation sites (tertiary alicyclic amines) is 1. The number of rotatable bonds is 3. The number of piperidine rings is 1. The highest BCUT2D eigenvalue weighted by Gasteiger charge is 2.35.